The fourth-order valence-corrected chi connectivity index (χ4v) is 8.89. The first-order valence-electron chi connectivity index (χ1n) is 13.0. The molecule has 8 heteroatoms. The number of carbonyl (C=O) groups excluding carboxylic acids is 2. The lowest BCUT2D eigenvalue weighted by atomic mass is 9.45. The molecule has 3 unspecified atom stereocenters. The Labute approximate surface area is 213 Å². The van der Waals surface area contributed by atoms with Gasteiger partial charge in [-0.05, 0) is 91.9 Å². The van der Waals surface area contributed by atoms with Crippen molar-refractivity contribution in [3.63, 3.8) is 0 Å². The van der Waals surface area contributed by atoms with E-state index in [1.54, 1.807) is 0 Å². The Morgan fingerprint density at radius 3 is 2.56 bits per heavy atom. The molecular weight excluding hydrogens is 478 g/mol. The second-order valence-corrected chi connectivity index (χ2v) is 13.5. The average Bonchev–Trinajstić information content (AvgIpc) is 3.15. The maximum atomic E-state index is 13.3. The summed E-state index contributed by atoms with van der Waals surface area (Å²) in [6, 6.07) is 4.00. The minimum atomic E-state index is -3.97. The molecule has 0 saturated heterocycles. The maximum Gasteiger partial charge on any atom is 0.342 e. The van der Waals surface area contributed by atoms with Gasteiger partial charge in [-0.25, -0.2) is 18.4 Å². The van der Waals surface area contributed by atoms with Crippen LogP contribution in [0.1, 0.15) is 76.1 Å². The van der Waals surface area contributed by atoms with Gasteiger partial charge in [-0.2, -0.15) is 0 Å². The highest BCUT2D eigenvalue weighted by Gasteiger charge is 2.61. The predicted molar refractivity (Wildman–Crippen MR) is 135 cm³/mol. The SMILES string of the molecule is COc1ccc(S(N)(=O)=O)cc1C(=O)O[C@H]1CCC2C3C[C@H](C)C4=CC(=O)CC[C@]4(C)C3CC[C@@]21C. The number of ketones is 1. The van der Waals surface area contributed by atoms with E-state index >= 15 is 0 Å². The van der Waals surface area contributed by atoms with E-state index in [4.69, 9.17) is 14.6 Å². The second-order valence-electron chi connectivity index (χ2n) is 11.9. The van der Waals surface area contributed by atoms with Gasteiger partial charge in [0, 0.05) is 11.8 Å². The van der Waals surface area contributed by atoms with Crippen molar-refractivity contribution in [1.82, 2.24) is 0 Å². The van der Waals surface area contributed by atoms with Crippen LogP contribution in [0.3, 0.4) is 0 Å². The third-order valence-corrected chi connectivity index (χ3v) is 11.1. The second kappa shape index (κ2) is 8.69. The lowest BCUT2D eigenvalue weighted by Gasteiger charge is -2.59. The van der Waals surface area contributed by atoms with Crippen LogP contribution in [0.15, 0.2) is 34.7 Å². The molecule has 0 amide bonds. The summed E-state index contributed by atoms with van der Waals surface area (Å²) in [7, 11) is -2.53. The van der Waals surface area contributed by atoms with Gasteiger partial charge in [-0.3, -0.25) is 4.79 Å². The molecule has 36 heavy (non-hydrogen) atoms. The lowest BCUT2D eigenvalue weighted by Crippen LogP contribution is -2.53. The fourth-order valence-electron chi connectivity index (χ4n) is 8.35. The summed E-state index contributed by atoms with van der Waals surface area (Å²) in [5, 5.41) is 5.28. The van der Waals surface area contributed by atoms with E-state index in [1.807, 2.05) is 6.08 Å². The Morgan fingerprint density at radius 1 is 1.11 bits per heavy atom. The summed E-state index contributed by atoms with van der Waals surface area (Å²) in [5.74, 6) is 1.87. The average molecular weight is 516 g/mol. The monoisotopic (exact) mass is 515 g/mol. The molecule has 0 heterocycles. The van der Waals surface area contributed by atoms with E-state index in [0.717, 1.165) is 38.5 Å². The van der Waals surface area contributed by atoms with E-state index in [1.165, 1.54) is 30.9 Å². The lowest BCUT2D eigenvalue weighted by molar-refractivity contribution is -0.118. The molecule has 4 aliphatic carbocycles. The standard InChI is InChI=1S/C28H37NO6S/c1-16-13-19-21-6-8-25(35-26(31)20-15-18(36(29,32)33)5-7-24(20)34-4)28(21,3)12-10-22(19)27(2)11-9-17(30)14-23(16)27/h5,7,14-16,19,21-22,25H,6,8-13H2,1-4H3,(H2,29,32,33)/t16-,19?,21?,22?,25-,27+,28-/m0/s1. The zero-order valence-corrected chi connectivity index (χ0v) is 22.4. The number of hydrogen-bond acceptors (Lipinski definition) is 6. The molecule has 0 aliphatic heterocycles. The quantitative estimate of drug-likeness (QED) is 0.584. The third kappa shape index (κ3) is 3.92. The van der Waals surface area contributed by atoms with Crippen LogP contribution in [0.5, 0.6) is 5.75 Å². The molecule has 2 N–H and O–H groups in total. The minimum absolute atomic E-state index is 0.0743. The number of benzene rings is 1. The van der Waals surface area contributed by atoms with Gasteiger partial charge in [0.1, 0.15) is 17.4 Å². The number of allylic oxidation sites excluding steroid dienone is 1. The topological polar surface area (TPSA) is 113 Å². The van der Waals surface area contributed by atoms with Gasteiger partial charge in [0.05, 0.1) is 12.0 Å². The van der Waals surface area contributed by atoms with Crippen LogP contribution in [-0.2, 0) is 19.6 Å². The Bertz CT molecular complexity index is 1240. The molecule has 7 nitrogen and oxygen atoms in total. The predicted octanol–water partition coefficient (Wildman–Crippen LogP) is 4.65. The highest BCUT2D eigenvalue weighted by atomic mass is 32.2. The molecule has 0 bridgehead atoms. The molecule has 7 atom stereocenters. The highest BCUT2D eigenvalue weighted by molar-refractivity contribution is 7.89. The van der Waals surface area contributed by atoms with Crippen molar-refractivity contribution in [3.05, 3.63) is 35.4 Å². The normalized spacial score (nSPS) is 37.9. The Hall–Kier alpha value is -2.19. The number of nitrogens with two attached hydrogens (primary N) is 1. The number of methoxy groups -OCH3 is 1. The van der Waals surface area contributed by atoms with E-state index in [-0.39, 0.29) is 38.9 Å². The van der Waals surface area contributed by atoms with Crippen molar-refractivity contribution in [2.45, 2.75) is 76.7 Å². The van der Waals surface area contributed by atoms with E-state index < -0.39 is 16.0 Å². The number of sulfonamides is 1. The Balaban J connectivity index is 1.40. The van der Waals surface area contributed by atoms with Crippen molar-refractivity contribution < 1.29 is 27.5 Å². The first kappa shape index (κ1) is 25.5. The highest BCUT2D eigenvalue weighted by Crippen LogP contribution is 2.66. The Kier molecular flexibility index (Phi) is 6.15. The first-order chi connectivity index (χ1) is 16.9. The number of rotatable bonds is 4. The van der Waals surface area contributed by atoms with Crippen LogP contribution >= 0.6 is 0 Å². The van der Waals surface area contributed by atoms with Crippen LogP contribution in [0.2, 0.25) is 0 Å². The fraction of sp³-hybridized carbons (Fsp3) is 0.643. The number of ether oxygens (including phenoxy) is 2. The van der Waals surface area contributed by atoms with E-state index in [2.05, 4.69) is 20.8 Å². The zero-order chi connectivity index (χ0) is 26.0. The summed E-state index contributed by atoms with van der Waals surface area (Å²) in [5.41, 5.74) is 1.37. The first-order valence-corrected chi connectivity index (χ1v) is 14.6. The van der Waals surface area contributed by atoms with Crippen LogP contribution in [-0.4, -0.2) is 33.4 Å². The molecule has 5 rings (SSSR count). The van der Waals surface area contributed by atoms with Crippen molar-refractivity contribution in [2.24, 2.45) is 39.6 Å². The maximum absolute atomic E-state index is 13.3. The molecule has 1 aromatic carbocycles. The molecular formula is C28H37NO6S. The number of esters is 1. The van der Waals surface area contributed by atoms with Crippen molar-refractivity contribution >= 4 is 21.8 Å². The molecule has 1 aromatic rings. The number of hydrogen-bond donors (Lipinski definition) is 1. The van der Waals surface area contributed by atoms with Crippen molar-refractivity contribution in [3.8, 4) is 5.75 Å². The third-order valence-electron chi connectivity index (χ3n) is 10.2. The zero-order valence-electron chi connectivity index (χ0n) is 21.6. The number of fused-ring (bicyclic) bond motifs is 5. The molecule has 0 radical (unpaired) electrons. The smallest absolute Gasteiger partial charge is 0.342 e. The summed E-state index contributed by atoms with van der Waals surface area (Å²) in [6.45, 7) is 6.90. The summed E-state index contributed by atoms with van der Waals surface area (Å²) in [6.07, 6.45) is 8.17. The van der Waals surface area contributed by atoms with Gasteiger partial charge < -0.3 is 9.47 Å². The van der Waals surface area contributed by atoms with Crippen LogP contribution < -0.4 is 9.88 Å². The van der Waals surface area contributed by atoms with Crippen molar-refractivity contribution in [2.75, 3.05) is 7.11 Å². The van der Waals surface area contributed by atoms with E-state index in [0.29, 0.717) is 30.1 Å². The van der Waals surface area contributed by atoms with Gasteiger partial charge >= 0.3 is 5.97 Å². The van der Waals surface area contributed by atoms with E-state index in [9.17, 15) is 18.0 Å². The summed E-state index contributed by atoms with van der Waals surface area (Å²) < 4.78 is 35.2. The summed E-state index contributed by atoms with van der Waals surface area (Å²) >= 11 is 0. The van der Waals surface area contributed by atoms with Crippen molar-refractivity contribution in [1.29, 1.82) is 0 Å². The van der Waals surface area contributed by atoms with Gasteiger partial charge in [0.2, 0.25) is 10.0 Å². The van der Waals surface area contributed by atoms with Gasteiger partial charge in [0.25, 0.3) is 0 Å². The molecule has 4 aliphatic rings. The number of primary sulfonamides is 1. The largest absolute Gasteiger partial charge is 0.496 e. The van der Waals surface area contributed by atoms with Gasteiger partial charge in [-0.15, -0.1) is 0 Å². The van der Waals surface area contributed by atoms with Crippen LogP contribution in [0.4, 0.5) is 0 Å². The minimum Gasteiger partial charge on any atom is -0.496 e. The van der Waals surface area contributed by atoms with Crippen LogP contribution in [0, 0.1) is 34.5 Å². The molecule has 0 spiro atoms. The number of carbonyl (C=O) groups is 2. The summed E-state index contributed by atoms with van der Waals surface area (Å²) in [4.78, 5) is 25.4. The molecule has 0 aromatic heterocycles. The molecule has 196 valence electrons. The van der Waals surface area contributed by atoms with Gasteiger partial charge in [-0.1, -0.05) is 26.3 Å². The molecule has 3 fully saturated rings. The Morgan fingerprint density at radius 2 is 1.86 bits per heavy atom. The van der Waals surface area contributed by atoms with Crippen LogP contribution in [0.25, 0.3) is 0 Å². The molecule has 3 saturated carbocycles. The van der Waals surface area contributed by atoms with Gasteiger partial charge in [0.15, 0.2) is 5.78 Å².